The third kappa shape index (κ3) is 3.79. The molecule has 1 heterocycles. The van der Waals surface area contributed by atoms with Gasteiger partial charge < -0.3 is 10.2 Å². The van der Waals surface area contributed by atoms with E-state index in [0.29, 0.717) is 5.56 Å². The molecular formula is C16H23FN2O. The van der Waals surface area contributed by atoms with Gasteiger partial charge in [-0.1, -0.05) is 25.1 Å². The fourth-order valence-corrected chi connectivity index (χ4v) is 2.70. The number of likely N-dealkylation sites (tertiary alicyclic amines) is 1. The van der Waals surface area contributed by atoms with Gasteiger partial charge >= 0.3 is 0 Å². The minimum atomic E-state index is -0.211. The highest BCUT2D eigenvalue weighted by molar-refractivity contribution is 5.78. The fourth-order valence-electron chi connectivity index (χ4n) is 2.70. The number of halogens is 1. The topological polar surface area (TPSA) is 32.3 Å². The number of rotatable bonds is 5. The Balaban J connectivity index is 1.90. The van der Waals surface area contributed by atoms with E-state index in [-0.39, 0.29) is 24.3 Å². The Labute approximate surface area is 120 Å². The van der Waals surface area contributed by atoms with Gasteiger partial charge in [-0.25, -0.2) is 4.39 Å². The van der Waals surface area contributed by atoms with E-state index in [4.69, 9.17) is 0 Å². The Morgan fingerprint density at radius 1 is 1.30 bits per heavy atom. The first-order valence-corrected chi connectivity index (χ1v) is 7.48. The van der Waals surface area contributed by atoms with Crippen LogP contribution in [0.4, 0.5) is 4.39 Å². The van der Waals surface area contributed by atoms with Crippen LogP contribution in [0.25, 0.3) is 0 Å². The molecule has 1 N–H and O–H groups in total. The van der Waals surface area contributed by atoms with E-state index in [1.807, 2.05) is 17.9 Å². The second-order valence-corrected chi connectivity index (χ2v) is 5.30. The minimum Gasteiger partial charge on any atom is -0.342 e. The van der Waals surface area contributed by atoms with E-state index in [0.717, 1.165) is 32.4 Å². The smallest absolute Gasteiger partial charge is 0.236 e. The molecule has 20 heavy (non-hydrogen) atoms. The number of nitrogens with one attached hydrogen (secondary N) is 1. The van der Waals surface area contributed by atoms with E-state index in [1.54, 1.807) is 12.1 Å². The molecule has 1 saturated heterocycles. The Morgan fingerprint density at radius 3 is 2.65 bits per heavy atom. The van der Waals surface area contributed by atoms with Crippen LogP contribution in [0, 0.1) is 5.82 Å². The standard InChI is InChI=1S/C16H23FN2O/c1-2-15(13-8-4-5-9-14(13)17)18-12-16(20)19-10-6-3-7-11-19/h4-5,8-9,15,18H,2-3,6-7,10-12H2,1H3. The number of hydrogen-bond donors (Lipinski definition) is 1. The normalized spacial score (nSPS) is 17.0. The van der Waals surface area contributed by atoms with Crippen molar-refractivity contribution < 1.29 is 9.18 Å². The molecule has 0 aliphatic carbocycles. The highest BCUT2D eigenvalue weighted by Gasteiger charge is 2.19. The molecule has 2 rings (SSSR count). The third-order valence-corrected chi connectivity index (χ3v) is 3.90. The fraction of sp³-hybridized carbons (Fsp3) is 0.562. The van der Waals surface area contributed by atoms with Crippen LogP contribution < -0.4 is 5.32 Å². The molecule has 0 radical (unpaired) electrons. The monoisotopic (exact) mass is 278 g/mol. The van der Waals surface area contributed by atoms with Crippen LogP contribution in [-0.4, -0.2) is 30.4 Å². The molecule has 0 aromatic heterocycles. The number of benzene rings is 1. The predicted octanol–water partition coefficient (Wildman–Crippen LogP) is 2.88. The van der Waals surface area contributed by atoms with Crippen molar-refractivity contribution in [2.75, 3.05) is 19.6 Å². The number of hydrogen-bond acceptors (Lipinski definition) is 2. The SMILES string of the molecule is CCC(NCC(=O)N1CCCCC1)c1ccccc1F. The Hall–Kier alpha value is -1.42. The summed E-state index contributed by atoms with van der Waals surface area (Å²) in [6.45, 7) is 4.00. The molecular weight excluding hydrogens is 255 g/mol. The van der Waals surface area contributed by atoms with E-state index < -0.39 is 0 Å². The van der Waals surface area contributed by atoms with Gasteiger partial charge in [0.15, 0.2) is 0 Å². The van der Waals surface area contributed by atoms with Gasteiger partial charge in [0, 0.05) is 24.7 Å². The summed E-state index contributed by atoms with van der Waals surface area (Å²) in [5.74, 6) is -0.0863. The lowest BCUT2D eigenvalue weighted by molar-refractivity contribution is -0.131. The zero-order valence-corrected chi connectivity index (χ0v) is 12.1. The first kappa shape index (κ1) is 15.0. The zero-order valence-electron chi connectivity index (χ0n) is 12.1. The molecule has 0 bridgehead atoms. The lowest BCUT2D eigenvalue weighted by Gasteiger charge is -2.28. The van der Waals surface area contributed by atoms with Crippen molar-refractivity contribution in [2.24, 2.45) is 0 Å². The summed E-state index contributed by atoms with van der Waals surface area (Å²) in [6, 6.07) is 6.65. The summed E-state index contributed by atoms with van der Waals surface area (Å²) in [6.07, 6.45) is 4.16. The largest absolute Gasteiger partial charge is 0.342 e. The van der Waals surface area contributed by atoms with Gasteiger partial charge in [0.2, 0.25) is 5.91 Å². The van der Waals surface area contributed by atoms with Crippen LogP contribution in [0.2, 0.25) is 0 Å². The maximum absolute atomic E-state index is 13.8. The lowest BCUT2D eigenvalue weighted by atomic mass is 10.0. The van der Waals surface area contributed by atoms with E-state index in [9.17, 15) is 9.18 Å². The number of nitrogens with zero attached hydrogens (tertiary/aromatic N) is 1. The molecule has 110 valence electrons. The molecule has 1 aromatic rings. The van der Waals surface area contributed by atoms with Crippen LogP contribution in [0.15, 0.2) is 24.3 Å². The van der Waals surface area contributed by atoms with Crippen LogP contribution in [0.5, 0.6) is 0 Å². The summed E-state index contributed by atoms with van der Waals surface area (Å²) in [5, 5.41) is 3.19. The van der Waals surface area contributed by atoms with Crippen molar-refractivity contribution in [3.63, 3.8) is 0 Å². The molecule has 1 unspecified atom stereocenters. The van der Waals surface area contributed by atoms with E-state index in [2.05, 4.69) is 5.32 Å². The van der Waals surface area contributed by atoms with Gasteiger partial charge in [-0.15, -0.1) is 0 Å². The minimum absolute atomic E-state index is 0.107. The summed E-state index contributed by atoms with van der Waals surface area (Å²) in [4.78, 5) is 14.0. The summed E-state index contributed by atoms with van der Waals surface area (Å²) in [5.41, 5.74) is 0.640. The quantitative estimate of drug-likeness (QED) is 0.898. The van der Waals surface area contributed by atoms with Crippen molar-refractivity contribution in [3.05, 3.63) is 35.6 Å². The summed E-state index contributed by atoms with van der Waals surface area (Å²) in [7, 11) is 0. The van der Waals surface area contributed by atoms with Gasteiger partial charge in [-0.05, 0) is 31.7 Å². The molecule has 1 aliphatic heterocycles. The Morgan fingerprint density at radius 2 is 2.00 bits per heavy atom. The third-order valence-electron chi connectivity index (χ3n) is 3.90. The van der Waals surface area contributed by atoms with Crippen LogP contribution >= 0.6 is 0 Å². The molecule has 3 nitrogen and oxygen atoms in total. The van der Waals surface area contributed by atoms with Gasteiger partial charge in [0.25, 0.3) is 0 Å². The maximum atomic E-state index is 13.8. The van der Waals surface area contributed by atoms with Gasteiger partial charge in [-0.2, -0.15) is 0 Å². The van der Waals surface area contributed by atoms with Crippen LogP contribution in [0.1, 0.15) is 44.2 Å². The molecule has 0 spiro atoms. The highest BCUT2D eigenvalue weighted by atomic mass is 19.1. The van der Waals surface area contributed by atoms with Gasteiger partial charge in [0.05, 0.1) is 6.54 Å². The molecule has 1 fully saturated rings. The predicted molar refractivity (Wildman–Crippen MR) is 77.9 cm³/mol. The Bertz CT molecular complexity index is 444. The number of carbonyl (C=O) groups is 1. The molecule has 1 amide bonds. The molecule has 4 heteroatoms. The highest BCUT2D eigenvalue weighted by Crippen LogP contribution is 2.19. The van der Waals surface area contributed by atoms with Crippen molar-refractivity contribution >= 4 is 5.91 Å². The number of carbonyl (C=O) groups excluding carboxylic acids is 1. The van der Waals surface area contributed by atoms with Crippen molar-refractivity contribution in [1.82, 2.24) is 10.2 Å². The average Bonchev–Trinajstić information content (AvgIpc) is 2.50. The van der Waals surface area contributed by atoms with Crippen molar-refractivity contribution in [2.45, 2.75) is 38.6 Å². The molecule has 1 aromatic carbocycles. The van der Waals surface area contributed by atoms with E-state index >= 15 is 0 Å². The van der Waals surface area contributed by atoms with Crippen LogP contribution in [0.3, 0.4) is 0 Å². The van der Waals surface area contributed by atoms with Gasteiger partial charge in [0.1, 0.15) is 5.82 Å². The summed E-state index contributed by atoms with van der Waals surface area (Å²) >= 11 is 0. The molecule has 0 saturated carbocycles. The number of piperidine rings is 1. The van der Waals surface area contributed by atoms with Crippen molar-refractivity contribution in [1.29, 1.82) is 0 Å². The second kappa shape index (κ2) is 7.39. The molecule has 1 aliphatic rings. The average molecular weight is 278 g/mol. The first-order valence-electron chi connectivity index (χ1n) is 7.48. The number of amides is 1. The van der Waals surface area contributed by atoms with Crippen molar-refractivity contribution in [3.8, 4) is 0 Å². The summed E-state index contributed by atoms with van der Waals surface area (Å²) < 4.78 is 13.8. The first-order chi connectivity index (χ1) is 9.72. The van der Waals surface area contributed by atoms with Gasteiger partial charge in [-0.3, -0.25) is 4.79 Å². The Kier molecular flexibility index (Phi) is 5.53. The lowest BCUT2D eigenvalue weighted by Crippen LogP contribution is -2.42. The molecule has 1 atom stereocenters. The second-order valence-electron chi connectivity index (χ2n) is 5.30. The van der Waals surface area contributed by atoms with Crippen LogP contribution in [-0.2, 0) is 4.79 Å². The maximum Gasteiger partial charge on any atom is 0.236 e. The zero-order chi connectivity index (χ0) is 14.4. The van der Waals surface area contributed by atoms with E-state index in [1.165, 1.54) is 12.5 Å².